The zero-order valence-corrected chi connectivity index (χ0v) is 15.9. The summed E-state index contributed by atoms with van der Waals surface area (Å²) in [6.45, 7) is 2.01. The van der Waals surface area contributed by atoms with Crippen LogP contribution in [0.15, 0.2) is 42.5 Å². The molecular weight excluding hydrogens is 372 g/mol. The largest absolute Gasteiger partial charge is 0.467 e. The van der Waals surface area contributed by atoms with Crippen LogP contribution in [0.4, 0.5) is 5.69 Å². The molecule has 2 bridgehead atoms. The first-order valence-corrected chi connectivity index (χ1v) is 8.97. The molecule has 0 aromatic heterocycles. The normalized spacial score (nSPS) is 23.6. The summed E-state index contributed by atoms with van der Waals surface area (Å²) in [6.07, 6.45) is 0.664. The van der Waals surface area contributed by atoms with Crippen LogP contribution in [-0.4, -0.2) is 23.9 Å². The number of fused-ring (bicyclic) bond motifs is 4. The molecule has 2 unspecified atom stereocenters. The summed E-state index contributed by atoms with van der Waals surface area (Å²) in [4.78, 5) is 13.8. The Balaban J connectivity index is 1.76. The van der Waals surface area contributed by atoms with Gasteiger partial charge < -0.3 is 14.8 Å². The van der Waals surface area contributed by atoms with E-state index in [0.29, 0.717) is 22.1 Å². The Morgan fingerprint density at radius 1 is 1.38 bits per heavy atom. The van der Waals surface area contributed by atoms with E-state index >= 15 is 0 Å². The summed E-state index contributed by atoms with van der Waals surface area (Å²) < 4.78 is 11.2. The monoisotopic (exact) mass is 388 g/mol. The minimum Gasteiger partial charge on any atom is -0.467 e. The smallest absolute Gasteiger partial charge is 0.337 e. The summed E-state index contributed by atoms with van der Waals surface area (Å²) in [5, 5.41) is 4.55. The molecule has 2 aliphatic rings. The van der Waals surface area contributed by atoms with Crippen molar-refractivity contribution in [2.24, 2.45) is 0 Å². The van der Waals surface area contributed by atoms with Gasteiger partial charge in [0.2, 0.25) is 0 Å². The molecule has 7 heteroatoms. The highest BCUT2D eigenvalue weighted by atomic mass is 35.5. The van der Waals surface area contributed by atoms with Crippen LogP contribution in [0.1, 0.15) is 35.3 Å². The molecule has 2 aliphatic heterocycles. The number of carbonyl (C=O) groups excluding carboxylic acids is 1. The van der Waals surface area contributed by atoms with E-state index in [4.69, 9.17) is 33.3 Å². The molecule has 26 heavy (non-hydrogen) atoms. The lowest BCUT2D eigenvalue weighted by Gasteiger charge is -2.52. The van der Waals surface area contributed by atoms with Gasteiger partial charge in [-0.1, -0.05) is 17.7 Å². The van der Waals surface area contributed by atoms with Gasteiger partial charge >= 0.3 is 5.97 Å². The highest BCUT2D eigenvalue weighted by Gasteiger charge is 2.48. The third-order valence-electron chi connectivity index (χ3n) is 4.76. The second kappa shape index (κ2) is 6.14. The lowest BCUT2D eigenvalue weighted by Crippen LogP contribution is -2.65. The van der Waals surface area contributed by atoms with E-state index in [0.717, 1.165) is 17.0 Å². The van der Waals surface area contributed by atoms with Crippen LogP contribution in [0.3, 0.4) is 0 Å². The van der Waals surface area contributed by atoms with Gasteiger partial charge in [-0.05, 0) is 55.5 Å². The van der Waals surface area contributed by atoms with Crippen molar-refractivity contribution in [3.05, 3.63) is 58.6 Å². The third kappa shape index (κ3) is 2.70. The topological polar surface area (TPSA) is 50.8 Å². The summed E-state index contributed by atoms with van der Waals surface area (Å²) in [5.74, 6) is 0.346. The van der Waals surface area contributed by atoms with Crippen LogP contribution >= 0.6 is 23.8 Å². The number of rotatable bonds is 2. The Kier molecular flexibility index (Phi) is 4.04. The quantitative estimate of drug-likeness (QED) is 0.618. The molecule has 2 heterocycles. The molecule has 1 N–H and O–H groups in total. The van der Waals surface area contributed by atoms with Gasteiger partial charge in [-0.15, -0.1) is 0 Å². The van der Waals surface area contributed by atoms with Gasteiger partial charge in [0.1, 0.15) is 5.75 Å². The molecular formula is C19H17ClN2O3S. The molecule has 4 rings (SSSR count). The Morgan fingerprint density at radius 2 is 2.19 bits per heavy atom. The number of anilines is 1. The first kappa shape index (κ1) is 17.1. The Morgan fingerprint density at radius 3 is 2.92 bits per heavy atom. The highest BCUT2D eigenvalue weighted by molar-refractivity contribution is 7.80. The van der Waals surface area contributed by atoms with Crippen LogP contribution in [0.5, 0.6) is 5.75 Å². The molecule has 134 valence electrons. The van der Waals surface area contributed by atoms with Crippen molar-refractivity contribution in [3.63, 3.8) is 0 Å². The maximum atomic E-state index is 11.8. The number of thiocarbonyl (C=S) groups is 1. The molecule has 5 nitrogen and oxygen atoms in total. The van der Waals surface area contributed by atoms with E-state index in [2.05, 4.69) is 5.32 Å². The van der Waals surface area contributed by atoms with Gasteiger partial charge in [0.15, 0.2) is 10.8 Å². The van der Waals surface area contributed by atoms with Crippen molar-refractivity contribution >= 4 is 40.6 Å². The van der Waals surface area contributed by atoms with Gasteiger partial charge in [-0.3, -0.25) is 4.90 Å². The van der Waals surface area contributed by atoms with Gasteiger partial charge in [-0.25, -0.2) is 4.79 Å². The molecule has 0 aliphatic carbocycles. The maximum Gasteiger partial charge on any atom is 0.337 e. The van der Waals surface area contributed by atoms with Crippen molar-refractivity contribution in [1.82, 2.24) is 5.32 Å². The predicted molar refractivity (Wildman–Crippen MR) is 104 cm³/mol. The molecule has 0 radical (unpaired) electrons. The van der Waals surface area contributed by atoms with Gasteiger partial charge in [0.25, 0.3) is 0 Å². The number of nitrogens with zero attached hydrogens (tertiary/aromatic N) is 1. The van der Waals surface area contributed by atoms with Crippen molar-refractivity contribution in [1.29, 1.82) is 0 Å². The van der Waals surface area contributed by atoms with E-state index in [1.54, 1.807) is 18.2 Å². The lowest BCUT2D eigenvalue weighted by molar-refractivity contribution is 0.0494. The van der Waals surface area contributed by atoms with Crippen molar-refractivity contribution in [3.8, 4) is 5.75 Å². The molecule has 2 aromatic rings. The molecule has 2 aromatic carbocycles. The minimum absolute atomic E-state index is 0.0451. The molecule has 2 atom stereocenters. The Hall–Kier alpha value is -2.31. The lowest BCUT2D eigenvalue weighted by atomic mass is 9.89. The zero-order valence-electron chi connectivity index (χ0n) is 14.3. The average molecular weight is 389 g/mol. The predicted octanol–water partition coefficient (Wildman–Crippen LogP) is 4.06. The second-order valence-corrected chi connectivity index (χ2v) is 7.37. The number of esters is 1. The van der Waals surface area contributed by atoms with Gasteiger partial charge in [-0.2, -0.15) is 0 Å². The summed E-state index contributed by atoms with van der Waals surface area (Å²) in [5.41, 5.74) is 1.60. The third-order valence-corrected chi connectivity index (χ3v) is 5.29. The van der Waals surface area contributed by atoms with Crippen LogP contribution < -0.4 is 15.0 Å². The van der Waals surface area contributed by atoms with E-state index in [1.807, 2.05) is 36.1 Å². The number of hydrogen-bond acceptors (Lipinski definition) is 4. The second-order valence-electron chi connectivity index (χ2n) is 6.54. The number of halogens is 1. The number of benzene rings is 2. The Bertz CT molecular complexity index is 919. The molecule has 0 amide bonds. The number of carbonyl (C=O) groups is 1. The SMILES string of the molecule is COC(=O)c1ccc2c(c1)C1CC(C)(O2)N(c2cccc(Cl)c2)C(=S)N1. The van der Waals surface area contributed by atoms with Gasteiger partial charge in [0.05, 0.1) is 18.7 Å². The Labute approximate surface area is 161 Å². The average Bonchev–Trinajstić information content (AvgIpc) is 2.60. The van der Waals surface area contributed by atoms with Crippen LogP contribution in [0, 0.1) is 0 Å². The summed E-state index contributed by atoms with van der Waals surface area (Å²) in [6, 6.07) is 12.8. The molecule has 1 saturated heterocycles. The van der Waals surface area contributed by atoms with Crippen LogP contribution in [-0.2, 0) is 4.74 Å². The fourth-order valence-corrected chi connectivity index (χ4v) is 4.25. The van der Waals surface area contributed by atoms with E-state index in [-0.39, 0.29) is 12.0 Å². The first-order valence-electron chi connectivity index (χ1n) is 8.19. The molecule has 0 spiro atoms. The van der Waals surface area contributed by atoms with Gasteiger partial charge in [0, 0.05) is 22.7 Å². The number of hydrogen-bond donors (Lipinski definition) is 1. The van der Waals surface area contributed by atoms with Crippen molar-refractivity contribution < 1.29 is 14.3 Å². The van der Waals surface area contributed by atoms with E-state index in [9.17, 15) is 4.79 Å². The van der Waals surface area contributed by atoms with E-state index in [1.165, 1.54) is 7.11 Å². The number of nitrogens with one attached hydrogen (secondary N) is 1. The van der Waals surface area contributed by atoms with E-state index < -0.39 is 5.72 Å². The highest BCUT2D eigenvalue weighted by Crippen LogP contribution is 2.46. The standard InChI is InChI=1S/C19H17ClN2O3S/c1-19-10-15(14-8-11(17(23)24-2)6-7-16(14)25-19)21-18(26)22(19)13-5-3-4-12(20)9-13/h3-9,15H,10H2,1-2H3,(H,21,26). The molecule has 1 fully saturated rings. The van der Waals surface area contributed by atoms with Crippen molar-refractivity contribution in [2.45, 2.75) is 25.1 Å². The zero-order chi connectivity index (χ0) is 18.5. The first-order chi connectivity index (χ1) is 12.4. The number of methoxy groups -OCH3 is 1. The fraction of sp³-hybridized carbons (Fsp3) is 0.263. The van der Waals surface area contributed by atoms with Crippen molar-refractivity contribution in [2.75, 3.05) is 12.0 Å². The fourth-order valence-electron chi connectivity index (χ4n) is 3.63. The summed E-state index contributed by atoms with van der Waals surface area (Å²) in [7, 11) is 1.37. The molecule has 0 saturated carbocycles. The summed E-state index contributed by atoms with van der Waals surface area (Å²) >= 11 is 11.8. The van der Waals surface area contributed by atoms with Crippen LogP contribution in [0.25, 0.3) is 0 Å². The van der Waals surface area contributed by atoms with Crippen LogP contribution in [0.2, 0.25) is 5.02 Å². The minimum atomic E-state index is -0.655. The maximum absolute atomic E-state index is 11.8. The number of ether oxygens (including phenoxy) is 2.